The van der Waals surface area contributed by atoms with Crippen LogP contribution < -0.4 is 0 Å². The van der Waals surface area contributed by atoms with Crippen LogP contribution >= 0.6 is 0 Å². The fourth-order valence-corrected chi connectivity index (χ4v) is 6.17. The average Bonchev–Trinajstić information content (AvgIpc) is 3.63. The van der Waals surface area contributed by atoms with Crippen molar-refractivity contribution in [2.24, 2.45) is 11.8 Å². The van der Waals surface area contributed by atoms with Crippen LogP contribution in [0.25, 0.3) is 5.69 Å². The predicted molar refractivity (Wildman–Crippen MR) is 166 cm³/mol. The summed E-state index contributed by atoms with van der Waals surface area (Å²) in [6, 6.07) is 5.93. The summed E-state index contributed by atoms with van der Waals surface area (Å²) in [5.41, 5.74) is 3.92. The van der Waals surface area contributed by atoms with Crippen molar-refractivity contribution < 1.29 is 28.6 Å². The highest BCUT2D eigenvalue weighted by Crippen LogP contribution is 2.29. The van der Waals surface area contributed by atoms with Crippen LogP contribution in [0.3, 0.4) is 0 Å². The molecule has 4 rings (SSSR count). The van der Waals surface area contributed by atoms with Crippen molar-refractivity contribution in [3.05, 3.63) is 40.7 Å². The third-order valence-corrected chi connectivity index (χ3v) is 8.18. The summed E-state index contributed by atoms with van der Waals surface area (Å²) in [4.78, 5) is 43.8. The molecule has 0 bridgehead atoms. The van der Waals surface area contributed by atoms with Gasteiger partial charge in [-0.3, -0.25) is 9.59 Å². The maximum Gasteiger partial charge on any atom is 0.410 e. The molecule has 1 fully saturated rings. The molecule has 2 amide bonds. The van der Waals surface area contributed by atoms with Crippen LogP contribution in [0.15, 0.2) is 18.2 Å². The van der Waals surface area contributed by atoms with Gasteiger partial charge in [0.05, 0.1) is 30.5 Å². The number of aryl methyl sites for hydroxylation is 2. The van der Waals surface area contributed by atoms with Crippen molar-refractivity contribution in [1.29, 1.82) is 0 Å². The van der Waals surface area contributed by atoms with Gasteiger partial charge in [-0.1, -0.05) is 25.1 Å². The lowest BCUT2D eigenvalue weighted by Crippen LogP contribution is -2.57. The number of aromatic nitrogens is 3. The summed E-state index contributed by atoms with van der Waals surface area (Å²) in [5, 5.41) is 8.98. The van der Waals surface area contributed by atoms with Gasteiger partial charge in [0.25, 0.3) is 5.91 Å². The second-order valence-electron chi connectivity index (χ2n) is 13.4. The van der Waals surface area contributed by atoms with Crippen LogP contribution in [0.1, 0.15) is 87.6 Å². The number of amides is 2. The van der Waals surface area contributed by atoms with E-state index in [1.54, 1.807) is 37.5 Å². The highest BCUT2D eigenvalue weighted by Gasteiger charge is 2.41. The third kappa shape index (κ3) is 8.16. The molecule has 0 unspecified atom stereocenters. The smallest absolute Gasteiger partial charge is 0.410 e. The highest BCUT2D eigenvalue weighted by atomic mass is 16.6. The Kier molecular flexibility index (Phi) is 11.0. The van der Waals surface area contributed by atoms with Crippen molar-refractivity contribution in [1.82, 2.24) is 24.8 Å². The van der Waals surface area contributed by atoms with Gasteiger partial charge in [0.15, 0.2) is 5.69 Å². The lowest BCUT2D eigenvalue weighted by molar-refractivity contribution is -0.148. The number of nitrogens with zero attached hydrogens (tertiary/aromatic N) is 5. The number of unbranched alkanes of at least 4 members (excludes halogenated alkanes) is 1. The summed E-state index contributed by atoms with van der Waals surface area (Å²) in [5.74, 6) is -1.14. The normalized spacial score (nSPS) is 18.3. The molecule has 0 saturated carbocycles. The summed E-state index contributed by atoms with van der Waals surface area (Å²) in [6.07, 6.45) is 5.35. The van der Waals surface area contributed by atoms with Crippen LogP contribution in [0.2, 0.25) is 0 Å². The van der Waals surface area contributed by atoms with Gasteiger partial charge in [-0.05, 0) is 94.9 Å². The van der Waals surface area contributed by atoms with Gasteiger partial charge in [0.2, 0.25) is 0 Å². The zero-order chi connectivity index (χ0) is 32.0. The topological polar surface area (TPSA) is 116 Å². The monoisotopic (exact) mass is 611 g/mol. The summed E-state index contributed by atoms with van der Waals surface area (Å²) >= 11 is 0. The van der Waals surface area contributed by atoms with E-state index >= 15 is 0 Å². The minimum absolute atomic E-state index is 0.129. The SMILES string of the molecule is COCCCCc1c(C(=O)N(CC(C)C)[C@H]2C[C@@H](C(=O)OC)CN(C(=O)OC(C)(C)C)C2)nnn1-c1ccc2c(c1)CCC2. The Labute approximate surface area is 261 Å². The van der Waals surface area contributed by atoms with Crippen molar-refractivity contribution in [2.45, 2.75) is 91.2 Å². The Morgan fingerprint density at radius 2 is 1.82 bits per heavy atom. The second kappa shape index (κ2) is 14.5. The molecular weight excluding hydrogens is 562 g/mol. The number of fused-ring (bicyclic) bond motifs is 1. The van der Waals surface area contributed by atoms with Crippen LogP contribution in [0.5, 0.6) is 0 Å². The van der Waals surface area contributed by atoms with Gasteiger partial charge in [0, 0.05) is 33.4 Å². The van der Waals surface area contributed by atoms with Crippen LogP contribution in [-0.2, 0) is 38.3 Å². The number of hydrogen-bond acceptors (Lipinski definition) is 8. The molecule has 11 heteroatoms. The molecule has 0 N–H and O–H groups in total. The molecule has 2 atom stereocenters. The fourth-order valence-electron chi connectivity index (χ4n) is 6.17. The molecule has 0 spiro atoms. The molecule has 2 aliphatic rings. The Morgan fingerprint density at radius 3 is 2.50 bits per heavy atom. The standard InChI is InChI=1S/C33H49N5O6/c1-22(2)19-37(27-18-25(31(40)43-7)20-36(21-27)32(41)44-33(3,4)5)30(39)29-28(13-8-9-16-42-6)38(35-34-29)26-15-14-23-11-10-12-24(23)17-26/h14-15,17,22,25,27H,8-13,16,18-21H2,1-7H3/t25-,27+/m1/s1. The maximum absolute atomic E-state index is 14.5. The second-order valence-corrected chi connectivity index (χ2v) is 13.4. The Hall–Kier alpha value is -3.47. The van der Waals surface area contributed by atoms with E-state index in [1.807, 2.05) is 13.8 Å². The van der Waals surface area contributed by atoms with E-state index in [-0.39, 0.29) is 24.9 Å². The number of benzene rings is 1. The number of rotatable bonds is 11. The Morgan fingerprint density at radius 1 is 1.07 bits per heavy atom. The molecule has 2 heterocycles. The van der Waals surface area contributed by atoms with Crippen molar-refractivity contribution in [3.8, 4) is 5.69 Å². The van der Waals surface area contributed by atoms with Crippen LogP contribution in [0.4, 0.5) is 4.79 Å². The minimum Gasteiger partial charge on any atom is -0.469 e. The van der Waals surface area contributed by atoms with E-state index in [1.165, 1.54) is 23.1 Å². The Balaban J connectivity index is 1.70. The quantitative estimate of drug-likeness (QED) is 0.267. The van der Waals surface area contributed by atoms with Crippen molar-refractivity contribution >= 4 is 18.0 Å². The summed E-state index contributed by atoms with van der Waals surface area (Å²) in [6.45, 7) is 10.9. The zero-order valence-corrected chi connectivity index (χ0v) is 27.4. The van der Waals surface area contributed by atoms with Gasteiger partial charge < -0.3 is 24.0 Å². The van der Waals surface area contributed by atoms with E-state index in [4.69, 9.17) is 14.2 Å². The minimum atomic E-state index is -0.702. The van der Waals surface area contributed by atoms with E-state index in [0.29, 0.717) is 31.7 Å². The first-order chi connectivity index (χ1) is 20.9. The average molecular weight is 612 g/mol. The predicted octanol–water partition coefficient (Wildman–Crippen LogP) is 4.62. The van der Waals surface area contributed by atoms with Gasteiger partial charge in [-0.2, -0.15) is 0 Å². The first kappa shape index (κ1) is 33.4. The van der Waals surface area contributed by atoms with E-state index in [0.717, 1.165) is 43.5 Å². The molecule has 1 aromatic carbocycles. The molecule has 0 radical (unpaired) electrons. The third-order valence-electron chi connectivity index (χ3n) is 8.18. The Bertz CT molecular complexity index is 1320. The number of piperidine rings is 1. The first-order valence-corrected chi connectivity index (χ1v) is 15.8. The van der Waals surface area contributed by atoms with Crippen LogP contribution in [-0.4, -0.2) is 94.9 Å². The number of esters is 1. The number of hydrogen-bond donors (Lipinski definition) is 0. The molecule has 44 heavy (non-hydrogen) atoms. The number of carbonyl (C=O) groups is 3. The molecule has 11 nitrogen and oxygen atoms in total. The fraction of sp³-hybridized carbons (Fsp3) is 0.667. The first-order valence-electron chi connectivity index (χ1n) is 15.8. The lowest BCUT2D eigenvalue weighted by atomic mass is 9.92. The summed E-state index contributed by atoms with van der Waals surface area (Å²) < 4.78 is 17.8. The van der Waals surface area contributed by atoms with Gasteiger partial charge in [0.1, 0.15) is 5.60 Å². The highest BCUT2D eigenvalue weighted by molar-refractivity contribution is 5.94. The molecule has 1 aliphatic carbocycles. The maximum atomic E-state index is 14.5. The molecule has 2 aromatic rings. The molecule has 1 saturated heterocycles. The molecule has 242 valence electrons. The number of methoxy groups -OCH3 is 2. The van der Waals surface area contributed by atoms with Crippen LogP contribution in [0, 0.1) is 11.8 Å². The number of likely N-dealkylation sites (tertiary alicyclic amines) is 1. The molecule has 1 aliphatic heterocycles. The lowest BCUT2D eigenvalue weighted by Gasteiger charge is -2.42. The van der Waals surface area contributed by atoms with Gasteiger partial charge in [-0.15, -0.1) is 5.10 Å². The van der Waals surface area contributed by atoms with E-state index in [2.05, 4.69) is 28.5 Å². The summed E-state index contributed by atoms with van der Waals surface area (Å²) in [7, 11) is 3.02. The largest absolute Gasteiger partial charge is 0.469 e. The van der Waals surface area contributed by atoms with Crippen molar-refractivity contribution in [2.75, 3.05) is 40.5 Å². The van der Waals surface area contributed by atoms with Crippen molar-refractivity contribution in [3.63, 3.8) is 0 Å². The van der Waals surface area contributed by atoms with Gasteiger partial charge in [-0.25, -0.2) is 9.48 Å². The zero-order valence-electron chi connectivity index (χ0n) is 27.4. The van der Waals surface area contributed by atoms with E-state index in [9.17, 15) is 14.4 Å². The molecule has 1 aromatic heterocycles. The number of ether oxygens (including phenoxy) is 3. The van der Waals surface area contributed by atoms with Gasteiger partial charge >= 0.3 is 12.1 Å². The van der Waals surface area contributed by atoms with E-state index < -0.39 is 29.6 Å². The molecular formula is C33H49N5O6. The number of carbonyl (C=O) groups excluding carboxylic acids is 3.